The molecule has 2 aromatic carbocycles. The summed E-state index contributed by atoms with van der Waals surface area (Å²) in [4.78, 5) is 0.316. The van der Waals surface area contributed by atoms with E-state index in [-0.39, 0.29) is 0 Å². The Hall–Kier alpha value is -1.65. The second-order valence-corrected chi connectivity index (χ2v) is 7.01. The highest BCUT2D eigenvalue weighted by Crippen LogP contribution is 2.13. The molecule has 0 radical (unpaired) electrons. The quantitative estimate of drug-likeness (QED) is 0.833. The van der Waals surface area contributed by atoms with Crippen molar-refractivity contribution in [1.29, 1.82) is 0 Å². The van der Waals surface area contributed by atoms with Gasteiger partial charge in [-0.05, 0) is 49.9 Å². The van der Waals surface area contributed by atoms with Crippen LogP contribution >= 0.6 is 0 Å². The third kappa shape index (κ3) is 4.41. The Morgan fingerprint density at radius 1 is 1.00 bits per heavy atom. The molecule has 4 heteroatoms. The van der Waals surface area contributed by atoms with Crippen molar-refractivity contribution in [2.75, 3.05) is 6.54 Å². The molecule has 3 nitrogen and oxygen atoms in total. The van der Waals surface area contributed by atoms with Crippen molar-refractivity contribution in [3.63, 3.8) is 0 Å². The van der Waals surface area contributed by atoms with Gasteiger partial charge in [-0.15, -0.1) is 0 Å². The third-order valence-corrected chi connectivity index (χ3v) is 4.94. The molecule has 2 rings (SSSR count). The molecule has 0 atom stereocenters. The first-order valence-electron chi connectivity index (χ1n) is 7.10. The maximum atomic E-state index is 12.0. The Labute approximate surface area is 127 Å². The molecule has 0 unspecified atom stereocenters. The lowest BCUT2D eigenvalue weighted by atomic mass is 10.0. The van der Waals surface area contributed by atoms with Crippen molar-refractivity contribution in [1.82, 2.24) is 4.72 Å². The molecule has 0 fully saturated rings. The van der Waals surface area contributed by atoms with Gasteiger partial charge in [0.15, 0.2) is 0 Å². The van der Waals surface area contributed by atoms with Crippen molar-refractivity contribution in [3.05, 3.63) is 65.2 Å². The zero-order valence-corrected chi connectivity index (χ0v) is 13.3. The van der Waals surface area contributed by atoms with E-state index in [0.29, 0.717) is 11.4 Å². The van der Waals surface area contributed by atoms with Crippen molar-refractivity contribution < 1.29 is 8.42 Å². The van der Waals surface area contributed by atoms with Crippen LogP contribution < -0.4 is 4.72 Å². The topological polar surface area (TPSA) is 46.2 Å². The van der Waals surface area contributed by atoms with E-state index < -0.39 is 10.0 Å². The zero-order chi connectivity index (χ0) is 15.3. The summed E-state index contributed by atoms with van der Waals surface area (Å²) in [7, 11) is -3.38. The first-order valence-corrected chi connectivity index (χ1v) is 8.58. The van der Waals surface area contributed by atoms with Crippen LogP contribution in [0.1, 0.15) is 23.1 Å². The van der Waals surface area contributed by atoms with Gasteiger partial charge in [0.05, 0.1) is 4.90 Å². The van der Waals surface area contributed by atoms with Gasteiger partial charge < -0.3 is 0 Å². The van der Waals surface area contributed by atoms with Crippen LogP contribution in [0, 0.1) is 13.8 Å². The molecule has 112 valence electrons. The molecule has 1 N–H and O–H groups in total. The SMILES string of the molecule is Cc1ccc(CCCNS(=O)(=O)c2ccccc2)c(C)c1. The molecule has 0 aliphatic rings. The van der Waals surface area contributed by atoms with Gasteiger partial charge in [-0.1, -0.05) is 42.0 Å². The molecule has 21 heavy (non-hydrogen) atoms. The second kappa shape index (κ2) is 6.87. The highest BCUT2D eigenvalue weighted by Gasteiger charge is 2.11. The molecule has 0 aromatic heterocycles. The first kappa shape index (κ1) is 15.7. The number of hydrogen-bond acceptors (Lipinski definition) is 2. The number of aryl methyl sites for hydroxylation is 3. The van der Waals surface area contributed by atoms with Gasteiger partial charge in [-0.25, -0.2) is 13.1 Å². The summed E-state index contributed by atoms with van der Waals surface area (Å²) < 4.78 is 26.7. The van der Waals surface area contributed by atoms with E-state index in [0.717, 1.165) is 12.8 Å². The van der Waals surface area contributed by atoms with Gasteiger partial charge in [0, 0.05) is 6.54 Å². The number of benzene rings is 2. The molecule has 0 spiro atoms. The van der Waals surface area contributed by atoms with Crippen molar-refractivity contribution in [3.8, 4) is 0 Å². The summed E-state index contributed by atoms with van der Waals surface area (Å²) in [6.07, 6.45) is 1.67. The van der Waals surface area contributed by atoms with Crippen molar-refractivity contribution in [2.45, 2.75) is 31.6 Å². The van der Waals surface area contributed by atoms with Gasteiger partial charge in [-0.2, -0.15) is 0 Å². The average Bonchev–Trinajstić information content (AvgIpc) is 2.46. The molecule has 2 aromatic rings. The predicted molar refractivity (Wildman–Crippen MR) is 85.9 cm³/mol. The second-order valence-electron chi connectivity index (χ2n) is 5.24. The Morgan fingerprint density at radius 2 is 1.71 bits per heavy atom. The van der Waals surface area contributed by atoms with Crippen molar-refractivity contribution >= 4 is 10.0 Å². The standard InChI is InChI=1S/C17H21NO2S/c1-14-10-11-16(15(2)13-14)7-6-12-18-21(19,20)17-8-4-3-5-9-17/h3-5,8-11,13,18H,6-7,12H2,1-2H3. The molecule has 0 aliphatic carbocycles. The van der Waals surface area contributed by atoms with E-state index in [9.17, 15) is 8.42 Å². The van der Waals surface area contributed by atoms with E-state index in [2.05, 4.69) is 36.8 Å². The fourth-order valence-corrected chi connectivity index (χ4v) is 3.39. The fraction of sp³-hybridized carbons (Fsp3) is 0.294. The summed E-state index contributed by atoms with van der Waals surface area (Å²) in [6.45, 7) is 4.62. The van der Waals surface area contributed by atoms with Crippen LogP contribution in [0.5, 0.6) is 0 Å². The Bertz CT molecular complexity index is 694. The fourth-order valence-electron chi connectivity index (χ4n) is 2.29. The molecule has 0 aliphatic heterocycles. The monoisotopic (exact) mass is 303 g/mol. The predicted octanol–water partition coefficient (Wildman–Crippen LogP) is 3.21. The summed E-state index contributed by atoms with van der Waals surface area (Å²) in [5, 5.41) is 0. The maximum absolute atomic E-state index is 12.0. The third-order valence-electron chi connectivity index (χ3n) is 3.47. The molecule has 0 saturated carbocycles. The van der Waals surface area contributed by atoms with Gasteiger partial charge in [0.1, 0.15) is 0 Å². The number of nitrogens with one attached hydrogen (secondary N) is 1. The van der Waals surface area contributed by atoms with E-state index in [1.165, 1.54) is 16.7 Å². The molecular formula is C17H21NO2S. The van der Waals surface area contributed by atoms with Crippen LogP contribution in [0.25, 0.3) is 0 Å². The number of sulfonamides is 1. The van der Waals surface area contributed by atoms with E-state index in [4.69, 9.17) is 0 Å². The lowest BCUT2D eigenvalue weighted by Crippen LogP contribution is -2.25. The molecule has 0 saturated heterocycles. The Morgan fingerprint density at radius 3 is 2.38 bits per heavy atom. The lowest BCUT2D eigenvalue weighted by Gasteiger charge is -2.08. The molecule has 0 amide bonds. The lowest BCUT2D eigenvalue weighted by molar-refractivity contribution is 0.579. The summed E-state index contributed by atoms with van der Waals surface area (Å²) in [5.41, 5.74) is 3.79. The summed E-state index contributed by atoms with van der Waals surface area (Å²) in [5.74, 6) is 0. The Kier molecular flexibility index (Phi) is 5.15. The van der Waals surface area contributed by atoms with Crippen LogP contribution in [0.15, 0.2) is 53.4 Å². The van der Waals surface area contributed by atoms with Crippen LogP contribution in [0.2, 0.25) is 0 Å². The largest absolute Gasteiger partial charge is 0.240 e. The van der Waals surface area contributed by atoms with E-state index in [1.807, 2.05) is 0 Å². The summed E-state index contributed by atoms with van der Waals surface area (Å²) in [6, 6.07) is 14.8. The maximum Gasteiger partial charge on any atom is 0.240 e. The number of rotatable bonds is 6. The molecule has 0 bridgehead atoms. The molecular weight excluding hydrogens is 282 g/mol. The highest BCUT2D eigenvalue weighted by molar-refractivity contribution is 7.89. The van der Waals surface area contributed by atoms with Crippen molar-refractivity contribution in [2.24, 2.45) is 0 Å². The van der Waals surface area contributed by atoms with Gasteiger partial charge in [-0.3, -0.25) is 0 Å². The summed E-state index contributed by atoms with van der Waals surface area (Å²) >= 11 is 0. The van der Waals surface area contributed by atoms with Crippen LogP contribution in [-0.2, 0) is 16.4 Å². The van der Waals surface area contributed by atoms with E-state index >= 15 is 0 Å². The van der Waals surface area contributed by atoms with Gasteiger partial charge >= 0.3 is 0 Å². The minimum absolute atomic E-state index is 0.316. The molecule has 0 heterocycles. The zero-order valence-electron chi connectivity index (χ0n) is 12.5. The average molecular weight is 303 g/mol. The van der Waals surface area contributed by atoms with Crippen LogP contribution in [-0.4, -0.2) is 15.0 Å². The normalized spacial score (nSPS) is 11.5. The van der Waals surface area contributed by atoms with E-state index in [1.54, 1.807) is 30.3 Å². The first-order chi connectivity index (χ1) is 9.99. The number of hydrogen-bond donors (Lipinski definition) is 1. The van der Waals surface area contributed by atoms with Crippen LogP contribution in [0.4, 0.5) is 0 Å². The van der Waals surface area contributed by atoms with Crippen LogP contribution in [0.3, 0.4) is 0 Å². The van der Waals surface area contributed by atoms with Gasteiger partial charge in [0.2, 0.25) is 10.0 Å². The smallest absolute Gasteiger partial charge is 0.211 e. The minimum atomic E-state index is -3.38. The van der Waals surface area contributed by atoms with Gasteiger partial charge in [0.25, 0.3) is 0 Å². The Balaban J connectivity index is 1.87. The minimum Gasteiger partial charge on any atom is -0.211 e. The highest BCUT2D eigenvalue weighted by atomic mass is 32.2.